The SMILES string of the molecule is CC(C)C.CC(F)c1ccc(Sc2ccc(Oc3ccc(-c4ccc(O)cc4)cc3)cc2)cc1. The van der Waals surface area contributed by atoms with E-state index in [0.29, 0.717) is 5.56 Å². The van der Waals surface area contributed by atoms with Crippen molar-refractivity contribution in [2.75, 3.05) is 0 Å². The molecule has 34 heavy (non-hydrogen) atoms. The van der Waals surface area contributed by atoms with Crippen LogP contribution in [0.3, 0.4) is 0 Å². The number of hydrogen-bond acceptors (Lipinski definition) is 3. The Morgan fingerprint density at radius 1 is 0.618 bits per heavy atom. The standard InChI is InChI=1S/C26H21FO2S.C4H10/c1-18(27)19-6-14-25(15-7-19)30-26-16-12-24(13-17-26)29-23-10-4-21(5-11-23)20-2-8-22(28)9-3-20;1-4(2)3/h2-18,28H,1H3;4H,1-3H3. The molecule has 0 saturated heterocycles. The lowest BCUT2D eigenvalue weighted by molar-refractivity contribution is 0.374. The number of rotatable bonds is 6. The third-order valence-electron chi connectivity index (χ3n) is 4.69. The molecule has 1 N–H and O–H groups in total. The van der Waals surface area contributed by atoms with Crippen molar-refractivity contribution in [3.8, 4) is 28.4 Å². The average molecular weight is 475 g/mol. The smallest absolute Gasteiger partial charge is 0.127 e. The Bertz CT molecular complexity index is 1130. The zero-order valence-electron chi connectivity index (χ0n) is 20.0. The van der Waals surface area contributed by atoms with Gasteiger partial charge in [0.15, 0.2) is 0 Å². The lowest BCUT2D eigenvalue weighted by Gasteiger charge is -2.09. The summed E-state index contributed by atoms with van der Waals surface area (Å²) in [4.78, 5) is 2.16. The van der Waals surface area contributed by atoms with Gasteiger partial charge in [-0.05, 0) is 90.2 Å². The van der Waals surface area contributed by atoms with E-state index in [1.807, 2.05) is 84.9 Å². The minimum atomic E-state index is -0.948. The fourth-order valence-corrected chi connectivity index (χ4v) is 3.83. The van der Waals surface area contributed by atoms with E-state index in [0.717, 1.165) is 38.3 Å². The highest BCUT2D eigenvalue weighted by molar-refractivity contribution is 7.99. The molecule has 0 aliphatic rings. The van der Waals surface area contributed by atoms with Crippen LogP contribution in [0.5, 0.6) is 17.2 Å². The molecule has 2 nitrogen and oxygen atoms in total. The van der Waals surface area contributed by atoms with Gasteiger partial charge in [0.25, 0.3) is 0 Å². The number of aromatic hydroxyl groups is 1. The summed E-state index contributed by atoms with van der Waals surface area (Å²) in [6.45, 7) is 8.04. The molecular weight excluding hydrogens is 443 g/mol. The second kappa shape index (κ2) is 12.3. The molecule has 0 heterocycles. The van der Waals surface area contributed by atoms with Crippen LogP contribution < -0.4 is 4.74 Å². The summed E-state index contributed by atoms with van der Waals surface area (Å²) in [5.41, 5.74) is 2.79. The number of phenolic OH excluding ortho intramolecular Hbond substituents is 1. The van der Waals surface area contributed by atoms with Gasteiger partial charge >= 0.3 is 0 Å². The Balaban J connectivity index is 0.000000751. The van der Waals surface area contributed by atoms with Crippen LogP contribution in [0.4, 0.5) is 4.39 Å². The normalized spacial score (nSPS) is 11.5. The summed E-state index contributed by atoms with van der Waals surface area (Å²) in [5, 5.41) is 9.41. The average Bonchev–Trinajstić information content (AvgIpc) is 2.81. The topological polar surface area (TPSA) is 29.5 Å². The van der Waals surface area contributed by atoms with E-state index in [4.69, 9.17) is 4.74 Å². The van der Waals surface area contributed by atoms with Gasteiger partial charge in [0.1, 0.15) is 23.4 Å². The molecule has 0 saturated carbocycles. The quantitative estimate of drug-likeness (QED) is 0.301. The fraction of sp³-hybridized carbons (Fsp3) is 0.200. The van der Waals surface area contributed by atoms with Crippen molar-refractivity contribution in [2.24, 2.45) is 5.92 Å². The zero-order chi connectivity index (χ0) is 24.5. The van der Waals surface area contributed by atoms with Crippen LogP contribution in [0.1, 0.15) is 39.4 Å². The van der Waals surface area contributed by atoms with Crippen molar-refractivity contribution < 1.29 is 14.2 Å². The highest BCUT2D eigenvalue weighted by Crippen LogP contribution is 2.32. The number of phenols is 1. The van der Waals surface area contributed by atoms with E-state index >= 15 is 0 Å². The van der Waals surface area contributed by atoms with Crippen LogP contribution in [-0.2, 0) is 0 Å². The molecule has 0 aromatic heterocycles. The van der Waals surface area contributed by atoms with Crippen molar-refractivity contribution in [1.29, 1.82) is 0 Å². The van der Waals surface area contributed by atoms with E-state index in [1.54, 1.807) is 30.8 Å². The van der Waals surface area contributed by atoms with E-state index in [1.165, 1.54) is 0 Å². The van der Waals surface area contributed by atoms with Crippen LogP contribution in [0.2, 0.25) is 0 Å². The molecule has 4 rings (SSSR count). The van der Waals surface area contributed by atoms with Crippen molar-refractivity contribution >= 4 is 11.8 Å². The molecule has 0 bridgehead atoms. The molecule has 4 aromatic carbocycles. The molecule has 4 aromatic rings. The monoisotopic (exact) mass is 474 g/mol. The first-order valence-electron chi connectivity index (χ1n) is 11.4. The van der Waals surface area contributed by atoms with Gasteiger partial charge in [-0.1, -0.05) is 68.9 Å². The third-order valence-corrected chi connectivity index (χ3v) is 5.71. The van der Waals surface area contributed by atoms with E-state index in [9.17, 15) is 9.50 Å². The Kier molecular flexibility index (Phi) is 9.17. The summed E-state index contributed by atoms with van der Waals surface area (Å²) in [6, 6.07) is 30.4. The molecular formula is C30H31FO2S. The molecule has 4 heteroatoms. The molecule has 0 radical (unpaired) electrons. The third kappa shape index (κ3) is 7.96. The maximum Gasteiger partial charge on any atom is 0.127 e. The van der Waals surface area contributed by atoms with Gasteiger partial charge in [-0.25, -0.2) is 4.39 Å². The van der Waals surface area contributed by atoms with Gasteiger partial charge in [-0.15, -0.1) is 0 Å². The predicted molar refractivity (Wildman–Crippen MR) is 141 cm³/mol. The van der Waals surface area contributed by atoms with Crippen molar-refractivity contribution in [3.05, 3.63) is 103 Å². The van der Waals surface area contributed by atoms with Crippen LogP contribution in [0, 0.1) is 5.92 Å². The van der Waals surface area contributed by atoms with Gasteiger partial charge in [0.2, 0.25) is 0 Å². The maximum absolute atomic E-state index is 13.3. The van der Waals surface area contributed by atoms with Crippen LogP contribution in [0.25, 0.3) is 11.1 Å². The fourth-order valence-electron chi connectivity index (χ4n) is 3.02. The predicted octanol–water partition coefficient (Wildman–Crippen LogP) is 9.70. The second-order valence-electron chi connectivity index (χ2n) is 8.66. The molecule has 176 valence electrons. The molecule has 0 spiro atoms. The summed E-state index contributed by atoms with van der Waals surface area (Å²) >= 11 is 1.63. The molecule has 0 aliphatic carbocycles. The van der Waals surface area contributed by atoms with Crippen LogP contribution >= 0.6 is 11.8 Å². The lowest BCUT2D eigenvalue weighted by Crippen LogP contribution is -1.85. The van der Waals surface area contributed by atoms with Crippen molar-refractivity contribution in [3.63, 3.8) is 0 Å². The van der Waals surface area contributed by atoms with Crippen molar-refractivity contribution in [1.82, 2.24) is 0 Å². The Labute approximate surface area is 206 Å². The molecule has 1 unspecified atom stereocenters. The van der Waals surface area contributed by atoms with E-state index in [-0.39, 0.29) is 5.75 Å². The summed E-state index contributed by atoms with van der Waals surface area (Å²) in [5.74, 6) is 2.61. The molecule has 0 fully saturated rings. The first-order valence-corrected chi connectivity index (χ1v) is 12.2. The number of hydrogen-bond donors (Lipinski definition) is 1. The number of alkyl halides is 1. The Hall–Kier alpha value is -3.24. The highest BCUT2D eigenvalue weighted by atomic mass is 32.2. The minimum Gasteiger partial charge on any atom is -0.508 e. The first kappa shape index (κ1) is 25.4. The van der Waals surface area contributed by atoms with Crippen LogP contribution in [0.15, 0.2) is 107 Å². The Morgan fingerprint density at radius 3 is 1.44 bits per heavy atom. The number of ether oxygens (including phenoxy) is 1. The number of halogens is 1. The number of benzene rings is 4. The second-order valence-corrected chi connectivity index (χ2v) is 9.81. The molecule has 0 aliphatic heterocycles. The maximum atomic E-state index is 13.3. The van der Waals surface area contributed by atoms with Crippen molar-refractivity contribution in [2.45, 2.75) is 43.7 Å². The zero-order valence-corrected chi connectivity index (χ0v) is 20.9. The highest BCUT2D eigenvalue weighted by Gasteiger charge is 2.05. The van der Waals surface area contributed by atoms with Gasteiger partial charge in [0.05, 0.1) is 0 Å². The molecule has 1 atom stereocenters. The summed E-state index contributed by atoms with van der Waals surface area (Å²) < 4.78 is 19.3. The van der Waals surface area contributed by atoms with E-state index in [2.05, 4.69) is 20.8 Å². The van der Waals surface area contributed by atoms with Gasteiger partial charge in [-0.2, -0.15) is 0 Å². The minimum absolute atomic E-state index is 0.256. The van der Waals surface area contributed by atoms with Gasteiger partial charge in [-0.3, -0.25) is 0 Å². The van der Waals surface area contributed by atoms with E-state index < -0.39 is 6.17 Å². The van der Waals surface area contributed by atoms with Crippen LogP contribution in [-0.4, -0.2) is 5.11 Å². The first-order chi connectivity index (χ1) is 16.3. The lowest BCUT2D eigenvalue weighted by atomic mass is 10.1. The Morgan fingerprint density at radius 2 is 1.00 bits per heavy atom. The summed E-state index contributed by atoms with van der Waals surface area (Å²) in [6.07, 6.45) is -0.948. The molecule has 0 amide bonds. The largest absolute Gasteiger partial charge is 0.508 e. The van der Waals surface area contributed by atoms with Gasteiger partial charge < -0.3 is 9.84 Å². The van der Waals surface area contributed by atoms with Gasteiger partial charge in [0, 0.05) is 9.79 Å². The summed E-state index contributed by atoms with van der Waals surface area (Å²) in [7, 11) is 0.